The molecule has 1 fully saturated rings. The first-order chi connectivity index (χ1) is 14.7. The quantitative estimate of drug-likeness (QED) is 0.647. The van der Waals surface area contributed by atoms with E-state index in [1.165, 1.54) is 18.4 Å². The highest BCUT2D eigenvalue weighted by Crippen LogP contribution is 2.27. The first kappa shape index (κ1) is 23.6. The van der Waals surface area contributed by atoms with Crippen LogP contribution in [0, 0.1) is 6.92 Å². The minimum atomic E-state index is -3.69. The van der Waals surface area contributed by atoms with Crippen LogP contribution >= 0.6 is 11.6 Å². The first-order valence-electron chi connectivity index (χ1n) is 10.5. The zero-order valence-corrected chi connectivity index (χ0v) is 19.8. The number of halogens is 1. The number of sulfonamides is 1. The summed E-state index contributed by atoms with van der Waals surface area (Å²) in [4.78, 5) is 15.3. The van der Waals surface area contributed by atoms with Crippen LogP contribution in [-0.2, 0) is 27.9 Å². The van der Waals surface area contributed by atoms with Crippen LogP contribution in [0.2, 0.25) is 5.02 Å². The lowest BCUT2D eigenvalue weighted by Gasteiger charge is -2.28. The fraction of sp³-hybridized carbons (Fsp3) is 0.435. The molecule has 2 aromatic rings. The van der Waals surface area contributed by atoms with Crippen LogP contribution in [0.15, 0.2) is 42.5 Å². The van der Waals surface area contributed by atoms with E-state index in [0.29, 0.717) is 17.3 Å². The number of hydrogen-bond donors (Lipinski definition) is 1. The van der Waals surface area contributed by atoms with Gasteiger partial charge >= 0.3 is 0 Å². The maximum atomic E-state index is 12.9. The van der Waals surface area contributed by atoms with E-state index in [-0.39, 0.29) is 5.91 Å². The fourth-order valence-corrected chi connectivity index (χ4v) is 5.26. The number of carbonyl (C=O) groups excluding carboxylic acids is 1. The van der Waals surface area contributed by atoms with Gasteiger partial charge < -0.3 is 5.32 Å². The van der Waals surface area contributed by atoms with Gasteiger partial charge in [0.25, 0.3) is 0 Å². The molecule has 1 atom stereocenters. The third-order valence-electron chi connectivity index (χ3n) is 5.66. The van der Waals surface area contributed by atoms with Crippen molar-refractivity contribution in [3.63, 3.8) is 0 Å². The van der Waals surface area contributed by atoms with Crippen LogP contribution in [0.4, 0.5) is 5.69 Å². The second-order valence-corrected chi connectivity index (χ2v) is 10.4. The topological polar surface area (TPSA) is 69.7 Å². The Balaban J connectivity index is 1.73. The van der Waals surface area contributed by atoms with Crippen molar-refractivity contribution in [3.8, 4) is 0 Å². The molecule has 0 radical (unpaired) electrons. The van der Waals surface area contributed by atoms with Gasteiger partial charge in [0.05, 0.1) is 11.9 Å². The van der Waals surface area contributed by atoms with E-state index < -0.39 is 16.1 Å². The van der Waals surface area contributed by atoms with E-state index in [0.717, 1.165) is 41.3 Å². The van der Waals surface area contributed by atoms with E-state index >= 15 is 0 Å². The summed E-state index contributed by atoms with van der Waals surface area (Å²) in [5.74, 6) is -0.363. The SMILES string of the molecule is Cc1ccc(N(C(C)C(=O)NCc2ccccc2CN2CCCC2)S(C)(=O)=O)cc1Cl. The number of carbonyl (C=O) groups is 1. The molecule has 0 saturated carbocycles. The first-order valence-corrected chi connectivity index (χ1v) is 12.7. The standard InChI is InChI=1S/C23H30ClN3O3S/c1-17-10-11-21(14-22(17)24)27(31(3,29)30)18(2)23(28)25-15-19-8-4-5-9-20(19)16-26-12-6-7-13-26/h4-5,8-11,14,18H,6-7,12-13,15-16H2,1-3H3,(H,25,28). The Morgan fingerprint density at radius 1 is 1.16 bits per heavy atom. The second kappa shape index (κ2) is 10.0. The van der Waals surface area contributed by atoms with Gasteiger partial charge in [-0.05, 0) is 68.6 Å². The van der Waals surface area contributed by atoms with E-state index in [4.69, 9.17) is 11.6 Å². The number of aryl methyl sites for hydroxylation is 1. The van der Waals surface area contributed by atoms with Crippen LogP contribution in [0.3, 0.4) is 0 Å². The molecule has 2 aromatic carbocycles. The molecule has 0 spiro atoms. The molecule has 168 valence electrons. The Hall–Kier alpha value is -2.09. The molecule has 1 heterocycles. The Morgan fingerprint density at radius 3 is 2.42 bits per heavy atom. The van der Waals surface area contributed by atoms with Crippen molar-refractivity contribution in [1.29, 1.82) is 0 Å². The van der Waals surface area contributed by atoms with Crippen molar-refractivity contribution in [2.45, 2.75) is 45.8 Å². The molecule has 3 rings (SSSR count). The summed E-state index contributed by atoms with van der Waals surface area (Å²) in [6.45, 7) is 6.82. The maximum Gasteiger partial charge on any atom is 0.243 e. The number of likely N-dealkylation sites (tertiary alicyclic amines) is 1. The highest BCUT2D eigenvalue weighted by molar-refractivity contribution is 7.92. The molecule has 0 aliphatic carbocycles. The number of benzene rings is 2. The van der Waals surface area contributed by atoms with Crippen LogP contribution in [0.1, 0.15) is 36.5 Å². The predicted molar refractivity (Wildman–Crippen MR) is 126 cm³/mol. The summed E-state index contributed by atoms with van der Waals surface area (Å²) in [5.41, 5.74) is 3.43. The highest BCUT2D eigenvalue weighted by atomic mass is 35.5. The van der Waals surface area contributed by atoms with Crippen LogP contribution in [0.25, 0.3) is 0 Å². The zero-order chi connectivity index (χ0) is 22.6. The summed E-state index contributed by atoms with van der Waals surface area (Å²) in [7, 11) is -3.69. The molecule has 1 aliphatic heterocycles. The summed E-state index contributed by atoms with van der Waals surface area (Å²) in [6, 6.07) is 12.1. The molecular weight excluding hydrogens is 434 g/mol. The largest absolute Gasteiger partial charge is 0.350 e. The Labute approximate surface area is 190 Å². The van der Waals surface area contributed by atoms with Gasteiger partial charge in [-0.2, -0.15) is 0 Å². The number of amides is 1. The van der Waals surface area contributed by atoms with E-state index in [2.05, 4.69) is 16.3 Å². The van der Waals surface area contributed by atoms with E-state index in [9.17, 15) is 13.2 Å². The summed E-state index contributed by atoms with van der Waals surface area (Å²) in [5, 5.41) is 3.37. The Morgan fingerprint density at radius 2 is 1.81 bits per heavy atom. The highest BCUT2D eigenvalue weighted by Gasteiger charge is 2.29. The third-order valence-corrected chi connectivity index (χ3v) is 7.31. The molecule has 6 nitrogen and oxygen atoms in total. The van der Waals surface area contributed by atoms with Gasteiger partial charge in [-0.25, -0.2) is 8.42 Å². The molecule has 8 heteroatoms. The molecule has 1 aliphatic rings. The lowest BCUT2D eigenvalue weighted by molar-refractivity contribution is -0.122. The molecule has 0 aromatic heterocycles. The Kier molecular flexibility index (Phi) is 7.62. The normalized spacial score (nSPS) is 15.6. The van der Waals surface area contributed by atoms with Crippen LogP contribution in [-0.4, -0.2) is 44.6 Å². The molecule has 1 N–H and O–H groups in total. The number of hydrogen-bond acceptors (Lipinski definition) is 4. The van der Waals surface area contributed by atoms with Crippen molar-refractivity contribution in [1.82, 2.24) is 10.2 Å². The van der Waals surface area contributed by atoms with Crippen LogP contribution in [0.5, 0.6) is 0 Å². The fourth-order valence-electron chi connectivity index (χ4n) is 3.92. The smallest absolute Gasteiger partial charge is 0.243 e. The molecule has 31 heavy (non-hydrogen) atoms. The second-order valence-electron chi connectivity index (χ2n) is 8.14. The molecule has 1 saturated heterocycles. The van der Waals surface area contributed by atoms with Gasteiger partial charge in [0, 0.05) is 18.1 Å². The lowest BCUT2D eigenvalue weighted by Crippen LogP contribution is -2.47. The minimum Gasteiger partial charge on any atom is -0.350 e. The number of nitrogens with one attached hydrogen (secondary N) is 1. The molecule has 1 amide bonds. The number of anilines is 1. The third kappa shape index (κ3) is 5.99. The van der Waals surface area contributed by atoms with Crippen molar-refractivity contribution in [2.75, 3.05) is 23.7 Å². The molecule has 1 unspecified atom stereocenters. The van der Waals surface area contributed by atoms with Gasteiger partial charge in [0.1, 0.15) is 6.04 Å². The number of rotatable bonds is 8. The van der Waals surface area contributed by atoms with E-state index in [1.807, 2.05) is 25.1 Å². The monoisotopic (exact) mass is 463 g/mol. The minimum absolute atomic E-state index is 0.347. The van der Waals surface area contributed by atoms with Crippen LogP contribution < -0.4 is 9.62 Å². The summed E-state index contributed by atoms with van der Waals surface area (Å²) < 4.78 is 26.1. The van der Waals surface area contributed by atoms with Gasteiger partial charge in [0.15, 0.2) is 0 Å². The zero-order valence-electron chi connectivity index (χ0n) is 18.3. The van der Waals surface area contributed by atoms with Crippen molar-refractivity contribution < 1.29 is 13.2 Å². The van der Waals surface area contributed by atoms with Crippen molar-refractivity contribution in [2.24, 2.45) is 0 Å². The van der Waals surface area contributed by atoms with Gasteiger partial charge in [0.2, 0.25) is 15.9 Å². The lowest BCUT2D eigenvalue weighted by atomic mass is 10.1. The summed E-state index contributed by atoms with van der Waals surface area (Å²) >= 11 is 6.19. The van der Waals surface area contributed by atoms with Crippen molar-refractivity contribution in [3.05, 3.63) is 64.2 Å². The van der Waals surface area contributed by atoms with E-state index in [1.54, 1.807) is 25.1 Å². The molecular formula is C23H30ClN3O3S. The molecule has 0 bridgehead atoms. The maximum absolute atomic E-state index is 12.9. The average Bonchev–Trinajstić information content (AvgIpc) is 3.22. The van der Waals surface area contributed by atoms with Crippen molar-refractivity contribution >= 4 is 33.2 Å². The predicted octanol–water partition coefficient (Wildman–Crippen LogP) is 3.72. The average molecular weight is 464 g/mol. The summed E-state index contributed by atoms with van der Waals surface area (Å²) in [6.07, 6.45) is 3.54. The van der Waals surface area contributed by atoms with Gasteiger partial charge in [-0.1, -0.05) is 41.9 Å². The Bertz CT molecular complexity index is 1040. The number of nitrogens with zero attached hydrogens (tertiary/aromatic N) is 2. The van der Waals surface area contributed by atoms with Gasteiger partial charge in [-0.15, -0.1) is 0 Å². The van der Waals surface area contributed by atoms with Gasteiger partial charge in [-0.3, -0.25) is 14.0 Å².